The Morgan fingerprint density at radius 1 is 1.65 bits per heavy atom. The van der Waals surface area contributed by atoms with E-state index >= 15 is 0 Å². The minimum Gasteiger partial charge on any atom is -0.505 e. The highest BCUT2D eigenvalue weighted by Crippen LogP contribution is 2.25. The Morgan fingerprint density at radius 3 is 2.65 bits per heavy atom. The molecule has 94 valence electrons. The molecule has 0 aliphatic carbocycles. The van der Waals surface area contributed by atoms with Crippen LogP contribution in [0.2, 0.25) is 0 Å². The molecule has 0 saturated carbocycles. The average Bonchev–Trinajstić information content (AvgIpc) is 2.52. The van der Waals surface area contributed by atoms with E-state index in [0.717, 1.165) is 6.42 Å². The van der Waals surface area contributed by atoms with Gasteiger partial charge in [0.25, 0.3) is 5.91 Å². The highest BCUT2D eigenvalue weighted by Gasteiger charge is 2.30. The summed E-state index contributed by atoms with van der Waals surface area (Å²) in [5.41, 5.74) is 1.27. The van der Waals surface area contributed by atoms with Crippen LogP contribution < -0.4 is 5.32 Å². The van der Waals surface area contributed by atoms with E-state index in [1.807, 2.05) is 13.8 Å². The summed E-state index contributed by atoms with van der Waals surface area (Å²) in [5.74, 6) is -0.302. The number of carbonyl (C=O) groups excluding carboxylic acids is 1. The van der Waals surface area contributed by atoms with E-state index in [0.29, 0.717) is 17.8 Å². The summed E-state index contributed by atoms with van der Waals surface area (Å²) in [6.07, 6.45) is 0.913. The number of amides is 1. The molecule has 1 heterocycles. The second kappa shape index (κ2) is 5.08. The van der Waals surface area contributed by atoms with Gasteiger partial charge >= 0.3 is 0 Å². The third-order valence-corrected chi connectivity index (χ3v) is 2.90. The van der Waals surface area contributed by atoms with Crippen molar-refractivity contribution in [3.63, 3.8) is 0 Å². The van der Waals surface area contributed by atoms with Crippen LogP contribution in [0.4, 0.5) is 0 Å². The molecule has 1 rings (SSSR count). The first-order chi connectivity index (χ1) is 7.88. The predicted molar refractivity (Wildman–Crippen MR) is 68.5 cm³/mol. The third kappa shape index (κ3) is 2.70. The first-order valence-electron chi connectivity index (χ1n) is 5.71. The number of nitrogens with one attached hydrogen (secondary N) is 1. The monoisotopic (exact) mass is 236 g/mol. The van der Waals surface area contributed by atoms with Crippen LogP contribution in [0.5, 0.6) is 0 Å². The van der Waals surface area contributed by atoms with Crippen molar-refractivity contribution in [2.75, 3.05) is 13.6 Å². The van der Waals surface area contributed by atoms with Crippen LogP contribution in [0.3, 0.4) is 0 Å². The molecule has 0 aromatic carbocycles. The number of aliphatic hydroxyl groups excluding tert-OH is 1. The van der Waals surface area contributed by atoms with Crippen LogP contribution in [0, 0.1) is 0 Å². The predicted octanol–water partition coefficient (Wildman–Crippen LogP) is 1.73. The van der Waals surface area contributed by atoms with Gasteiger partial charge in [-0.3, -0.25) is 4.79 Å². The maximum Gasteiger partial charge on any atom is 0.258 e. The van der Waals surface area contributed by atoms with E-state index in [1.54, 1.807) is 7.05 Å². The molecule has 0 unspecified atom stereocenters. The summed E-state index contributed by atoms with van der Waals surface area (Å²) in [7, 11) is 1.68. The maximum absolute atomic E-state index is 11.8. The minimum atomic E-state index is -0.209. The fraction of sp³-hybridized carbons (Fsp3) is 0.462. The highest BCUT2D eigenvalue weighted by atomic mass is 16.3. The molecule has 0 spiro atoms. The number of likely N-dealkylation sites (tertiary alicyclic amines) is 1. The fourth-order valence-corrected chi connectivity index (χ4v) is 1.67. The van der Waals surface area contributed by atoms with Crippen LogP contribution >= 0.6 is 0 Å². The summed E-state index contributed by atoms with van der Waals surface area (Å²) in [4.78, 5) is 13.3. The summed E-state index contributed by atoms with van der Waals surface area (Å²) in [5, 5.41) is 13.1. The van der Waals surface area contributed by atoms with Crippen LogP contribution in [0.1, 0.15) is 20.3 Å². The van der Waals surface area contributed by atoms with E-state index in [-0.39, 0.29) is 23.3 Å². The lowest BCUT2D eigenvalue weighted by Gasteiger charge is -2.16. The molecule has 0 radical (unpaired) electrons. The Kier molecular flexibility index (Phi) is 3.99. The van der Waals surface area contributed by atoms with Gasteiger partial charge in [-0.05, 0) is 18.9 Å². The molecule has 4 nitrogen and oxygen atoms in total. The Balaban J connectivity index is 2.93. The Morgan fingerprint density at radius 2 is 2.24 bits per heavy atom. The van der Waals surface area contributed by atoms with Crippen molar-refractivity contribution >= 4 is 5.91 Å². The van der Waals surface area contributed by atoms with E-state index in [4.69, 9.17) is 0 Å². The number of hydrogen-bond acceptors (Lipinski definition) is 3. The molecule has 1 saturated heterocycles. The molecule has 0 bridgehead atoms. The van der Waals surface area contributed by atoms with Crippen LogP contribution in [0.25, 0.3) is 0 Å². The maximum atomic E-state index is 11.8. The molecule has 2 N–H and O–H groups in total. The van der Waals surface area contributed by atoms with Crippen molar-refractivity contribution in [1.82, 2.24) is 10.2 Å². The van der Waals surface area contributed by atoms with E-state index in [9.17, 15) is 9.90 Å². The molecule has 1 atom stereocenters. The Labute approximate surface area is 102 Å². The van der Waals surface area contributed by atoms with Crippen molar-refractivity contribution in [2.45, 2.75) is 26.3 Å². The first kappa shape index (κ1) is 13.4. The van der Waals surface area contributed by atoms with Gasteiger partial charge in [-0.15, -0.1) is 0 Å². The van der Waals surface area contributed by atoms with Gasteiger partial charge < -0.3 is 15.3 Å². The number of carbonyl (C=O) groups is 1. The van der Waals surface area contributed by atoms with Crippen LogP contribution in [0.15, 0.2) is 35.8 Å². The zero-order valence-electron chi connectivity index (χ0n) is 10.7. The van der Waals surface area contributed by atoms with E-state index in [1.165, 1.54) is 4.90 Å². The molecule has 17 heavy (non-hydrogen) atoms. The van der Waals surface area contributed by atoms with Gasteiger partial charge in [0.15, 0.2) is 5.76 Å². The lowest BCUT2D eigenvalue weighted by atomic mass is 10.1. The lowest BCUT2D eigenvalue weighted by molar-refractivity contribution is -0.123. The molecule has 1 aliphatic heterocycles. The molecule has 1 aliphatic rings. The molecular weight excluding hydrogens is 216 g/mol. The quantitative estimate of drug-likeness (QED) is 0.577. The normalized spacial score (nSPS) is 20.5. The smallest absolute Gasteiger partial charge is 0.258 e. The number of nitrogens with zero attached hydrogens (tertiary/aromatic N) is 1. The summed E-state index contributed by atoms with van der Waals surface area (Å²) in [6, 6.07) is 0.202. The zero-order chi connectivity index (χ0) is 13.2. The van der Waals surface area contributed by atoms with Crippen molar-refractivity contribution < 1.29 is 9.90 Å². The molecular formula is C13H20N2O2. The Bertz CT molecular complexity index is 396. The Hall–Kier alpha value is -1.71. The minimum absolute atomic E-state index is 0.0929. The van der Waals surface area contributed by atoms with Crippen molar-refractivity contribution in [3.8, 4) is 0 Å². The van der Waals surface area contributed by atoms with Gasteiger partial charge in [0, 0.05) is 19.6 Å². The summed E-state index contributed by atoms with van der Waals surface area (Å²) in [6.45, 7) is 12.0. The average molecular weight is 236 g/mol. The highest BCUT2D eigenvalue weighted by molar-refractivity contribution is 6.01. The van der Waals surface area contributed by atoms with Gasteiger partial charge in [-0.1, -0.05) is 20.1 Å². The molecule has 1 amide bonds. The van der Waals surface area contributed by atoms with Gasteiger partial charge in [0.05, 0.1) is 11.3 Å². The van der Waals surface area contributed by atoms with E-state index in [2.05, 4.69) is 18.5 Å². The van der Waals surface area contributed by atoms with Gasteiger partial charge in [0.2, 0.25) is 0 Å². The molecule has 4 heteroatoms. The number of aliphatic hydroxyl groups is 1. The summed E-state index contributed by atoms with van der Waals surface area (Å²) >= 11 is 0. The molecule has 0 aromatic heterocycles. The van der Waals surface area contributed by atoms with Crippen molar-refractivity contribution in [1.29, 1.82) is 0 Å². The topological polar surface area (TPSA) is 52.6 Å². The number of likely N-dealkylation sites (N-methyl/N-ethyl adjacent to an activating group) is 1. The van der Waals surface area contributed by atoms with Crippen LogP contribution in [-0.4, -0.2) is 35.5 Å². The van der Waals surface area contributed by atoms with Gasteiger partial charge in [0.1, 0.15) is 0 Å². The fourth-order valence-electron chi connectivity index (χ4n) is 1.67. The first-order valence-corrected chi connectivity index (χ1v) is 5.71. The standard InChI is InChI=1S/C13H20N2O2/c1-6-9(3)14-10(4)12(16)11-8(2)7-15(5)13(11)17/h9,14,16H,2,4,6-7H2,1,3,5H3/b12-11-/t9-/m0/s1. The van der Waals surface area contributed by atoms with Crippen molar-refractivity contribution in [3.05, 3.63) is 35.8 Å². The van der Waals surface area contributed by atoms with Crippen molar-refractivity contribution in [2.24, 2.45) is 0 Å². The summed E-state index contributed by atoms with van der Waals surface area (Å²) < 4.78 is 0. The van der Waals surface area contributed by atoms with Gasteiger partial charge in [-0.2, -0.15) is 0 Å². The lowest BCUT2D eigenvalue weighted by Crippen LogP contribution is -2.26. The number of hydrogen-bond donors (Lipinski definition) is 2. The molecule has 1 fully saturated rings. The molecule has 0 aromatic rings. The van der Waals surface area contributed by atoms with E-state index < -0.39 is 0 Å². The third-order valence-electron chi connectivity index (χ3n) is 2.90. The second-order valence-corrected chi connectivity index (χ2v) is 4.42. The SMILES string of the molecule is C=C(N[C@@H](C)CC)/C(O)=C1\C(=C)CN(C)C1=O. The second-order valence-electron chi connectivity index (χ2n) is 4.42. The number of rotatable bonds is 4. The largest absolute Gasteiger partial charge is 0.505 e. The van der Waals surface area contributed by atoms with Gasteiger partial charge in [-0.25, -0.2) is 0 Å². The van der Waals surface area contributed by atoms with Crippen LogP contribution in [-0.2, 0) is 4.79 Å². The zero-order valence-corrected chi connectivity index (χ0v) is 10.7.